The zero-order chi connectivity index (χ0) is 19.9. The van der Waals surface area contributed by atoms with Gasteiger partial charge in [-0.25, -0.2) is 4.79 Å². The molecule has 7 nitrogen and oxygen atoms in total. The van der Waals surface area contributed by atoms with Crippen molar-refractivity contribution in [3.8, 4) is 11.5 Å². The van der Waals surface area contributed by atoms with Crippen LogP contribution in [0.25, 0.3) is 0 Å². The predicted molar refractivity (Wildman–Crippen MR) is 105 cm³/mol. The van der Waals surface area contributed by atoms with Gasteiger partial charge in [0.15, 0.2) is 11.5 Å². The van der Waals surface area contributed by atoms with E-state index in [4.69, 9.17) is 9.47 Å². The number of benzene rings is 2. The molecule has 0 spiro atoms. The monoisotopic (exact) mass is 383 g/mol. The molecule has 3 amide bonds. The van der Waals surface area contributed by atoms with Crippen LogP contribution in [0.5, 0.6) is 11.5 Å². The lowest BCUT2D eigenvalue weighted by Gasteiger charge is -2.22. The molecule has 1 aliphatic rings. The van der Waals surface area contributed by atoms with Gasteiger partial charge in [0, 0.05) is 13.1 Å². The van der Waals surface area contributed by atoms with Crippen LogP contribution in [-0.4, -0.2) is 36.7 Å². The van der Waals surface area contributed by atoms with Gasteiger partial charge in [0.25, 0.3) is 0 Å². The van der Waals surface area contributed by atoms with E-state index in [2.05, 4.69) is 10.6 Å². The van der Waals surface area contributed by atoms with Gasteiger partial charge < -0.3 is 25.0 Å². The summed E-state index contributed by atoms with van der Waals surface area (Å²) in [7, 11) is 0. The molecule has 0 bridgehead atoms. The molecule has 0 saturated carbocycles. The standard InChI is InChI=1S/C21H25N3O4/c1-3-24(13-16-7-5-4-6-8-16)20(25)12-22-21(26)23-15(2)17-9-10-18-19(11-17)28-14-27-18/h4-11,15H,3,12-14H2,1-2H3,(H2,22,23,26). The Morgan fingerprint density at radius 3 is 2.61 bits per heavy atom. The molecular weight excluding hydrogens is 358 g/mol. The molecule has 0 radical (unpaired) electrons. The number of fused-ring (bicyclic) bond motifs is 1. The molecule has 0 saturated heterocycles. The maximum atomic E-state index is 12.4. The van der Waals surface area contributed by atoms with Crippen LogP contribution in [0.15, 0.2) is 48.5 Å². The van der Waals surface area contributed by atoms with Crippen molar-refractivity contribution in [3.63, 3.8) is 0 Å². The molecule has 3 rings (SSSR count). The van der Waals surface area contributed by atoms with E-state index in [0.717, 1.165) is 11.1 Å². The van der Waals surface area contributed by atoms with E-state index in [1.54, 1.807) is 4.90 Å². The molecule has 7 heteroatoms. The van der Waals surface area contributed by atoms with Crippen molar-refractivity contribution in [2.75, 3.05) is 19.9 Å². The SMILES string of the molecule is CCN(Cc1ccccc1)C(=O)CNC(=O)NC(C)c1ccc2c(c1)OCO2. The summed E-state index contributed by atoms with van der Waals surface area (Å²) in [6.07, 6.45) is 0. The second-order valence-electron chi connectivity index (χ2n) is 6.55. The van der Waals surface area contributed by atoms with Crippen molar-refractivity contribution in [1.29, 1.82) is 0 Å². The van der Waals surface area contributed by atoms with Crippen LogP contribution in [0.1, 0.15) is 31.0 Å². The van der Waals surface area contributed by atoms with Gasteiger partial charge in [-0.2, -0.15) is 0 Å². The molecule has 1 unspecified atom stereocenters. The summed E-state index contributed by atoms with van der Waals surface area (Å²) in [6.45, 7) is 5.04. The first-order chi connectivity index (χ1) is 13.6. The molecule has 28 heavy (non-hydrogen) atoms. The molecule has 0 fully saturated rings. The Hall–Kier alpha value is -3.22. The lowest BCUT2D eigenvalue weighted by Crippen LogP contribution is -2.44. The molecule has 1 aliphatic heterocycles. The van der Waals surface area contributed by atoms with Gasteiger partial charge in [-0.05, 0) is 37.1 Å². The highest BCUT2D eigenvalue weighted by Crippen LogP contribution is 2.34. The molecule has 0 aliphatic carbocycles. The second kappa shape index (κ2) is 9.12. The summed E-state index contributed by atoms with van der Waals surface area (Å²) in [4.78, 5) is 26.3. The maximum Gasteiger partial charge on any atom is 0.315 e. The first kappa shape index (κ1) is 19.5. The summed E-state index contributed by atoms with van der Waals surface area (Å²) in [5, 5.41) is 5.47. The average molecular weight is 383 g/mol. The third-order valence-electron chi connectivity index (χ3n) is 4.60. The topological polar surface area (TPSA) is 79.9 Å². The third kappa shape index (κ3) is 4.94. The normalized spacial score (nSPS) is 12.9. The molecule has 2 aromatic rings. The largest absolute Gasteiger partial charge is 0.454 e. The number of amides is 3. The highest BCUT2D eigenvalue weighted by Gasteiger charge is 2.18. The van der Waals surface area contributed by atoms with E-state index in [1.807, 2.05) is 62.4 Å². The molecule has 2 aromatic carbocycles. The number of hydrogen-bond donors (Lipinski definition) is 2. The Morgan fingerprint density at radius 1 is 1.11 bits per heavy atom. The summed E-state index contributed by atoms with van der Waals surface area (Å²) < 4.78 is 10.7. The van der Waals surface area contributed by atoms with E-state index in [9.17, 15) is 9.59 Å². The Balaban J connectivity index is 1.48. The Kier molecular flexibility index (Phi) is 6.37. The fourth-order valence-corrected chi connectivity index (χ4v) is 2.96. The van der Waals surface area contributed by atoms with Gasteiger partial charge in [-0.3, -0.25) is 4.79 Å². The first-order valence-corrected chi connectivity index (χ1v) is 9.32. The van der Waals surface area contributed by atoms with E-state index < -0.39 is 6.03 Å². The zero-order valence-corrected chi connectivity index (χ0v) is 16.1. The fourth-order valence-electron chi connectivity index (χ4n) is 2.96. The Morgan fingerprint density at radius 2 is 1.86 bits per heavy atom. The van der Waals surface area contributed by atoms with Gasteiger partial charge in [0.1, 0.15) is 0 Å². The van der Waals surface area contributed by atoms with Crippen LogP contribution in [0, 0.1) is 0 Å². The first-order valence-electron chi connectivity index (χ1n) is 9.32. The van der Waals surface area contributed by atoms with E-state index in [1.165, 1.54) is 0 Å². The van der Waals surface area contributed by atoms with Crippen LogP contribution < -0.4 is 20.1 Å². The van der Waals surface area contributed by atoms with Crippen molar-refractivity contribution >= 4 is 11.9 Å². The number of rotatable bonds is 7. The van der Waals surface area contributed by atoms with Crippen LogP contribution in [-0.2, 0) is 11.3 Å². The third-order valence-corrected chi connectivity index (χ3v) is 4.60. The summed E-state index contributed by atoms with van der Waals surface area (Å²) in [6, 6.07) is 14.7. The maximum absolute atomic E-state index is 12.4. The zero-order valence-electron chi connectivity index (χ0n) is 16.1. The lowest BCUT2D eigenvalue weighted by molar-refractivity contribution is -0.130. The van der Waals surface area contributed by atoms with Gasteiger partial charge >= 0.3 is 6.03 Å². The van der Waals surface area contributed by atoms with Crippen molar-refractivity contribution in [3.05, 3.63) is 59.7 Å². The summed E-state index contributed by atoms with van der Waals surface area (Å²) in [5.74, 6) is 1.24. The number of carbonyl (C=O) groups is 2. The Bertz CT molecular complexity index is 826. The average Bonchev–Trinajstić information content (AvgIpc) is 3.18. The number of nitrogens with one attached hydrogen (secondary N) is 2. The number of nitrogens with zero attached hydrogens (tertiary/aromatic N) is 1. The second-order valence-corrected chi connectivity index (χ2v) is 6.55. The molecular formula is C21H25N3O4. The van der Waals surface area contributed by atoms with Gasteiger partial charge in [-0.15, -0.1) is 0 Å². The molecule has 2 N–H and O–H groups in total. The van der Waals surface area contributed by atoms with Crippen LogP contribution in [0.4, 0.5) is 4.79 Å². The van der Waals surface area contributed by atoms with Crippen molar-refractivity contribution in [2.45, 2.75) is 26.4 Å². The van der Waals surface area contributed by atoms with Crippen LogP contribution >= 0.6 is 0 Å². The number of likely N-dealkylation sites (N-methyl/N-ethyl adjacent to an activating group) is 1. The minimum Gasteiger partial charge on any atom is -0.454 e. The Labute approximate surface area is 164 Å². The summed E-state index contributed by atoms with van der Waals surface area (Å²) in [5.41, 5.74) is 1.95. The molecule has 1 atom stereocenters. The number of ether oxygens (including phenoxy) is 2. The number of carbonyl (C=O) groups excluding carboxylic acids is 2. The fraction of sp³-hybridized carbons (Fsp3) is 0.333. The quantitative estimate of drug-likeness (QED) is 0.771. The highest BCUT2D eigenvalue weighted by atomic mass is 16.7. The van der Waals surface area contributed by atoms with E-state index in [-0.39, 0.29) is 25.3 Å². The predicted octanol–water partition coefficient (Wildman–Crippen LogP) is 2.82. The van der Waals surface area contributed by atoms with E-state index >= 15 is 0 Å². The van der Waals surface area contributed by atoms with Crippen molar-refractivity contribution in [1.82, 2.24) is 15.5 Å². The van der Waals surface area contributed by atoms with Gasteiger partial charge in [0.05, 0.1) is 12.6 Å². The number of urea groups is 1. The minimum absolute atomic E-state index is 0.0552. The molecule has 1 heterocycles. The summed E-state index contributed by atoms with van der Waals surface area (Å²) >= 11 is 0. The van der Waals surface area contributed by atoms with Crippen molar-refractivity contribution < 1.29 is 19.1 Å². The minimum atomic E-state index is -0.394. The highest BCUT2D eigenvalue weighted by molar-refractivity contribution is 5.84. The van der Waals surface area contributed by atoms with Crippen molar-refractivity contribution in [2.24, 2.45) is 0 Å². The van der Waals surface area contributed by atoms with E-state index in [0.29, 0.717) is 24.6 Å². The van der Waals surface area contributed by atoms with Crippen LogP contribution in [0.2, 0.25) is 0 Å². The smallest absolute Gasteiger partial charge is 0.315 e. The van der Waals surface area contributed by atoms with Gasteiger partial charge in [-0.1, -0.05) is 36.4 Å². The number of hydrogen-bond acceptors (Lipinski definition) is 4. The molecule has 148 valence electrons. The molecule has 0 aromatic heterocycles. The van der Waals surface area contributed by atoms with Crippen LogP contribution in [0.3, 0.4) is 0 Å². The lowest BCUT2D eigenvalue weighted by atomic mass is 10.1. The van der Waals surface area contributed by atoms with Gasteiger partial charge in [0.2, 0.25) is 12.7 Å².